The van der Waals surface area contributed by atoms with Crippen LogP contribution in [0.15, 0.2) is 35.4 Å². The number of hydrogen-bond donors (Lipinski definition) is 2. The zero-order valence-corrected chi connectivity index (χ0v) is 12.0. The zero-order valence-electron chi connectivity index (χ0n) is 10.3. The number of sulfonamides is 1. The minimum Gasteiger partial charge on any atom is -0.507 e. The van der Waals surface area contributed by atoms with Gasteiger partial charge in [-0.3, -0.25) is 0 Å². The SMILES string of the molecule is CCc1cnc(CNS(=O)(=O)c2ccccc2O)s1. The van der Waals surface area contributed by atoms with Crippen molar-refractivity contribution in [1.82, 2.24) is 9.71 Å². The summed E-state index contributed by atoms with van der Waals surface area (Å²) in [6, 6.07) is 5.83. The molecule has 2 rings (SSSR count). The van der Waals surface area contributed by atoms with Gasteiger partial charge in [0.1, 0.15) is 15.7 Å². The number of thiazole rings is 1. The Bertz CT molecular complexity index is 665. The van der Waals surface area contributed by atoms with Crippen LogP contribution in [0.25, 0.3) is 0 Å². The van der Waals surface area contributed by atoms with Gasteiger partial charge in [-0.1, -0.05) is 19.1 Å². The molecule has 0 aliphatic heterocycles. The third-order valence-electron chi connectivity index (χ3n) is 2.52. The second kappa shape index (κ2) is 5.68. The molecule has 0 fully saturated rings. The van der Waals surface area contributed by atoms with Crippen LogP contribution < -0.4 is 4.72 Å². The molecule has 1 heterocycles. The van der Waals surface area contributed by atoms with E-state index < -0.39 is 10.0 Å². The van der Waals surface area contributed by atoms with Crippen LogP contribution in [0.1, 0.15) is 16.8 Å². The lowest BCUT2D eigenvalue weighted by Gasteiger charge is -2.06. The molecule has 19 heavy (non-hydrogen) atoms. The molecule has 5 nitrogen and oxygen atoms in total. The summed E-state index contributed by atoms with van der Waals surface area (Å²) in [5, 5.41) is 10.3. The van der Waals surface area contributed by atoms with E-state index in [0.717, 1.165) is 11.3 Å². The maximum Gasteiger partial charge on any atom is 0.244 e. The average molecular weight is 298 g/mol. The van der Waals surface area contributed by atoms with Crippen LogP contribution in [-0.2, 0) is 23.0 Å². The standard InChI is InChI=1S/C12H14N2O3S2/c1-2-9-7-13-12(18-9)8-14-19(16,17)11-6-4-3-5-10(11)15/h3-7,14-15H,2,8H2,1H3. The summed E-state index contributed by atoms with van der Waals surface area (Å²) in [5.74, 6) is -0.261. The number of aryl methyl sites for hydroxylation is 1. The lowest BCUT2D eigenvalue weighted by atomic mass is 10.3. The number of hydrogen-bond acceptors (Lipinski definition) is 5. The van der Waals surface area contributed by atoms with E-state index in [0.29, 0.717) is 5.01 Å². The van der Waals surface area contributed by atoms with Crippen molar-refractivity contribution >= 4 is 21.4 Å². The van der Waals surface area contributed by atoms with Crippen molar-refractivity contribution in [1.29, 1.82) is 0 Å². The number of benzene rings is 1. The van der Waals surface area contributed by atoms with Crippen LogP contribution >= 0.6 is 11.3 Å². The summed E-state index contributed by atoms with van der Waals surface area (Å²) >= 11 is 1.47. The fourth-order valence-electron chi connectivity index (χ4n) is 1.51. The first-order chi connectivity index (χ1) is 9.03. The molecular weight excluding hydrogens is 284 g/mol. The number of nitrogens with one attached hydrogen (secondary N) is 1. The number of rotatable bonds is 5. The first-order valence-corrected chi connectivity index (χ1v) is 8.04. The van der Waals surface area contributed by atoms with E-state index in [1.54, 1.807) is 18.3 Å². The van der Waals surface area contributed by atoms with E-state index in [1.807, 2.05) is 6.92 Å². The largest absolute Gasteiger partial charge is 0.507 e. The van der Waals surface area contributed by atoms with Gasteiger partial charge in [0.05, 0.1) is 6.54 Å². The molecule has 0 unspecified atom stereocenters. The van der Waals surface area contributed by atoms with Crippen molar-refractivity contribution in [3.8, 4) is 5.75 Å². The van der Waals surface area contributed by atoms with E-state index in [9.17, 15) is 13.5 Å². The van der Waals surface area contributed by atoms with Crippen LogP contribution in [0, 0.1) is 0 Å². The second-order valence-corrected chi connectivity index (χ2v) is 6.80. The molecule has 2 N–H and O–H groups in total. The number of aromatic hydroxyl groups is 1. The third-order valence-corrected chi connectivity index (χ3v) is 5.11. The van der Waals surface area contributed by atoms with Gasteiger partial charge in [-0.2, -0.15) is 0 Å². The van der Waals surface area contributed by atoms with Gasteiger partial charge in [0.25, 0.3) is 0 Å². The highest BCUT2D eigenvalue weighted by molar-refractivity contribution is 7.89. The van der Waals surface area contributed by atoms with Gasteiger partial charge in [0.15, 0.2) is 0 Å². The maximum absolute atomic E-state index is 12.0. The normalized spacial score (nSPS) is 11.6. The average Bonchev–Trinajstić information content (AvgIpc) is 2.85. The molecule has 1 aromatic heterocycles. The number of aromatic nitrogens is 1. The molecule has 0 amide bonds. The topological polar surface area (TPSA) is 79.3 Å². The number of nitrogens with zero attached hydrogens (tertiary/aromatic N) is 1. The van der Waals surface area contributed by atoms with E-state index in [-0.39, 0.29) is 17.2 Å². The van der Waals surface area contributed by atoms with Gasteiger partial charge in [-0.25, -0.2) is 18.1 Å². The molecule has 102 valence electrons. The molecule has 0 aliphatic carbocycles. The smallest absolute Gasteiger partial charge is 0.244 e. The fourth-order valence-corrected chi connectivity index (χ4v) is 3.49. The number of phenols is 1. The van der Waals surface area contributed by atoms with Crippen LogP contribution in [0.2, 0.25) is 0 Å². The Hall–Kier alpha value is -1.44. The predicted molar refractivity (Wildman–Crippen MR) is 73.6 cm³/mol. The van der Waals surface area contributed by atoms with Gasteiger partial charge in [-0.15, -0.1) is 11.3 Å². The Labute approximate surface area is 116 Å². The predicted octanol–water partition coefficient (Wildman–Crippen LogP) is 1.89. The molecule has 0 saturated carbocycles. The summed E-state index contributed by atoms with van der Waals surface area (Å²) in [5.41, 5.74) is 0. The molecule has 0 aliphatic rings. The van der Waals surface area contributed by atoms with E-state index in [2.05, 4.69) is 9.71 Å². The van der Waals surface area contributed by atoms with E-state index >= 15 is 0 Å². The van der Waals surface area contributed by atoms with Crippen molar-refractivity contribution in [2.75, 3.05) is 0 Å². The first-order valence-electron chi connectivity index (χ1n) is 5.74. The molecule has 0 spiro atoms. The van der Waals surface area contributed by atoms with Crippen LogP contribution in [0.4, 0.5) is 0 Å². The van der Waals surface area contributed by atoms with Gasteiger partial charge in [0, 0.05) is 11.1 Å². The molecule has 0 bridgehead atoms. The van der Waals surface area contributed by atoms with Crippen molar-refractivity contribution in [2.24, 2.45) is 0 Å². The van der Waals surface area contributed by atoms with Crippen molar-refractivity contribution in [3.05, 3.63) is 40.3 Å². The van der Waals surface area contributed by atoms with Crippen LogP contribution in [-0.4, -0.2) is 18.5 Å². The highest BCUT2D eigenvalue weighted by atomic mass is 32.2. The third kappa shape index (κ3) is 3.31. The second-order valence-electron chi connectivity index (χ2n) is 3.87. The molecule has 2 aromatic rings. The van der Waals surface area contributed by atoms with Crippen LogP contribution in [0.5, 0.6) is 5.75 Å². The monoisotopic (exact) mass is 298 g/mol. The summed E-state index contributed by atoms with van der Waals surface area (Å²) in [4.78, 5) is 5.12. The maximum atomic E-state index is 12.0. The van der Waals surface area contributed by atoms with Gasteiger partial charge >= 0.3 is 0 Å². The summed E-state index contributed by atoms with van der Waals surface area (Å²) in [6.45, 7) is 2.14. The summed E-state index contributed by atoms with van der Waals surface area (Å²) < 4.78 is 26.4. The molecule has 0 radical (unpaired) electrons. The van der Waals surface area contributed by atoms with Crippen molar-refractivity contribution in [3.63, 3.8) is 0 Å². The highest BCUT2D eigenvalue weighted by Crippen LogP contribution is 2.21. The van der Waals surface area contributed by atoms with E-state index in [1.165, 1.54) is 23.5 Å². The van der Waals surface area contributed by atoms with Crippen molar-refractivity contribution < 1.29 is 13.5 Å². The first kappa shape index (κ1) is 14.0. The Kier molecular flexibility index (Phi) is 4.18. The molecular formula is C12H14N2O3S2. The van der Waals surface area contributed by atoms with Gasteiger partial charge in [0.2, 0.25) is 10.0 Å². The summed E-state index contributed by atoms with van der Waals surface area (Å²) in [7, 11) is -3.72. The van der Waals surface area contributed by atoms with Crippen LogP contribution in [0.3, 0.4) is 0 Å². The lowest BCUT2D eigenvalue weighted by Crippen LogP contribution is -2.23. The van der Waals surface area contributed by atoms with Crippen molar-refractivity contribution in [2.45, 2.75) is 24.8 Å². The molecule has 0 atom stereocenters. The van der Waals surface area contributed by atoms with Gasteiger partial charge < -0.3 is 5.11 Å². The van der Waals surface area contributed by atoms with Gasteiger partial charge in [-0.05, 0) is 18.6 Å². The summed E-state index contributed by atoms with van der Waals surface area (Å²) in [6.07, 6.45) is 2.62. The molecule has 1 aromatic carbocycles. The quantitative estimate of drug-likeness (QED) is 0.883. The number of phenolic OH excluding ortho intramolecular Hbond substituents is 1. The van der Waals surface area contributed by atoms with E-state index in [4.69, 9.17) is 0 Å². The lowest BCUT2D eigenvalue weighted by molar-refractivity contribution is 0.458. The highest BCUT2D eigenvalue weighted by Gasteiger charge is 2.18. The Morgan fingerprint density at radius 1 is 1.37 bits per heavy atom. The number of para-hydroxylation sites is 1. The Morgan fingerprint density at radius 2 is 2.11 bits per heavy atom. The Morgan fingerprint density at radius 3 is 2.74 bits per heavy atom. The fraction of sp³-hybridized carbons (Fsp3) is 0.250. The zero-order chi connectivity index (χ0) is 13.9. The molecule has 7 heteroatoms. The minimum absolute atomic E-state index is 0.123. The Balaban J connectivity index is 2.12. The molecule has 0 saturated heterocycles. The minimum atomic E-state index is -3.72.